The standard InChI is InChI=1S/C14H9F2N3O2S/c15-8-4-9(16)6-10(5-8)21-7-12(20)19-14-18-11-2-1-3-17-13(11)22-14/h1-6H,7H2,(H,18,19,20). The van der Waals surface area contributed by atoms with Crippen LogP contribution in [0.2, 0.25) is 0 Å². The van der Waals surface area contributed by atoms with Crippen LogP contribution >= 0.6 is 11.3 Å². The molecule has 5 nitrogen and oxygen atoms in total. The summed E-state index contributed by atoms with van der Waals surface area (Å²) in [6, 6.07) is 6.24. The molecular formula is C14H9F2N3O2S. The molecule has 1 amide bonds. The van der Waals surface area contributed by atoms with E-state index >= 15 is 0 Å². The fraction of sp³-hybridized carbons (Fsp3) is 0.0714. The van der Waals surface area contributed by atoms with Gasteiger partial charge in [0.25, 0.3) is 5.91 Å². The van der Waals surface area contributed by atoms with Gasteiger partial charge >= 0.3 is 0 Å². The summed E-state index contributed by atoms with van der Waals surface area (Å²) < 4.78 is 31.0. The molecule has 3 aromatic rings. The Balaban J connectivity index is 1.62. The van der Waals surface area contributed by atoms with Gasteiger partial charge in [-0.05, 0) is 12.1 Å². The number of carbonyl (C=O) groups is 1. The van der Waals surface area contributed by atoms with Crippen LogP contribution in [0.1, 0.15) is 0 Å². The smallest absolute Gasteiger partial charge is 0.264 e. The number of anilines is 1. The van der Waals surface area contributed by atoms with Crippen molar-refractivity contribution in [2.24, 2.45) is 0 Å². The minimum Gasteiger partial charge on any atom is -0.484 e. The van der Waals surface area contributed by atoms with Crippen LogP contribution in [-0.2, 0) is 4.79 Å². The first kappa shape index (κ1) is 14.3. The first-order valence-corrected chi connectivity index (χ1v) is 7.02. The van der Waals surface area contributed by atoms with Crippen molar-refractivity contribution in [2.45, 2.75) is 0 Å². The molecule has 8 heteroatoms. The van der Waals surface area contributed by atoms with Crippen molar-refractivity contribution < 1.29 is 18.3 Å². The van der Waals surface area contributed by atoms with E-state index in [4.69, 9.17) is 4.74 Å². The van der Waals surface area contributed by atoms with Crippen LogP contribution in [0.4, 0.5) is 13.9 Å². The summed E-state index contributed by atoms with van der Waals surface area (Å²) in [5, 5.41) is 2.93. The summed E-state index contributed by atoms with van der Waals surface area (Å²) in [6.07, 6.45) is 1.63. The molecule has 0 fully saturated rings. The van der Waals surface area contributed by atoms with E-state index in [9.17, 15) is 13.6 Å². The SMILES string of the molecule is O=C(COc1cc(F)cc(F)c1)Nc1nc2cccnc2s1. The Labute approximate surface area is 127 Å². The highest BCUT2D eigenvalue weighted by Gasteiger charge is 2.09. The van der Waals surface area contributed by atoms with E-state index in [2.05, 4.69) is 15.3 Å². The number of thiazole rings is 1. The van der Waals surface area contributed by atoms with Crippen LogP contribution in [0, 0.1) is 11.6 Å². The molecule has 0 unspecified atom stereocenters. The van der Waals surface area contributed by atoms with E-state index in [0.717, 1.165) is 18.2 Å². The van der Waals surface area contributed by atoms with Crippen LogP contribution in [0.3, 0.4) is 0 Å². The number of hydrogen-bond donors (Lipinski definition) is 1. The Kier molecular flexibility index (Phi) is 3.92. The molecule has 2 aromatic heterocycles. The Morgan fingerprint density at radius 1 is 1.27 bits per heavy atom. The summed E-state index contributed by atoms with van der Waals surface area (Å²) in [4.78, 5) is 20.8. The van der Waals surface area contributed by atoms with E-state index in [1.807, 2.05) is 0 Å². The van der Waals surface area contributed by atoms with E-state index in [0.29, 0.717) is 15.5 Å². The van der Waals surface area contributed by atoms with Gasteiger partial charge in [-0.1, -0.05) is 11.3 Å². The zero-order valence-electron chi connectivity index (χ0n) is 11.0. The molecule has 0 radical (unpaired) electrons. The number of fused-ring (bicyclic) bond motifs is 1. The number of rotatable bonds is 4. The summed E-state index contributed by atoms with van der Waals surface area (Å²) in [5.41, 5.74) is 0.677. The van der Waals surface area contributed by atoms with E-state index in [1.54, 1.807) is 18.3 Å². The van der Waals surface area contributed by atoms with Crippen molar-refractivity contribution in [2.75, 3.05) is 11.9 Å². The molecular weight excluding hydrogens is 312 g/mol. The van der Waals surface area contributed by atoms with Crippen LogP contribution in [0.25, 0.3) is 10.3 Å². The predicted octanol–water partition coefficient (Wildman–Crippen LogP) is 2.99. The Morgan fingerprint density at radius 3 is 2.77 bits per heavy atom. The molecule has 0 aliphatic rings. The highest BCUT2D eigenvalue weighted by molar-refractivity contribution is 7.21. The van der Waals surface area contributed by atoms with Crippen molar-refractivity contribution in [1.82, 2.24) is 9.97 Å². The van der Waals surface area contributed by atoms with Crippen LogP contribution < -0.4 is 10.1 Å². The van der Waals surface area contributed by atoms with E-state index < -0.39 is 17.5 Å². The Morgan fingerprint density at radius 2 is 2.05 bits per heavy atom. The number of nitrogens with zero attached hydrogens (tertiary/aromatic N) is 2. The molecule has 0 atom stereocenters. The normalized spacial score (nSPS) is 10.6. The highest BCUT2D eigenvalue weighted by atomic mass is 32.1. The number of benzene rings is 1. The fourth-order valence-electron chi connectivity index (χ4n) is 1.74. The third kappa shape index (κ3) is 3.34. The summed E-state index contributed by atoms with van der Waals surface area (Å²) >= 11 is 1.22. The number of ether oxygens (including phenoxy) is 1. The van der Waals surface area contributed by atoms with Gasteiger partial charge < -0.3 is 4.74 Å². The largest absolute Gasteiger partial charge is 0.484 e. The molecule has 0 aliphatic carbocycles. The number of aromatic nitrogens is 2. The van der Waals surface area contributed by atoms with Gasteiger partial charge in [-0.3, -0.25) is 10.1 Å². The van der Waals surface area contributed by atoms with Gasteiger partial charge in [-0.25, -0.2) is 18.7 Å². The average Bonchev–Trinajstić information content (AvgIpc) is 2.86. The van der Waals surface area contributed by atoms with Gasteiger partial charge in [0, 0.05) is 24.4 Å². The topological polar surface area (TPSA) is 64.1 Å². The minimum absolute atomic E-state index is 0.0568. The second-order valence-electron chi connectivity index (χ2n) is 4.29. The Hall–Kier alpha value is -2.61. The first-order valence-electron chi connectivity index (χ1n) is 6.20. The molecule has 3 rings (SSSR count). The molecule has 2 heterocycles. The molecule has 22 heavy (non-hydrogen) atoms. The van der Waals surface area contributed by atoms with Crippen molar-refractivity contribution in [3.8, 4) is 5.75 Å². The van der Waals surface area contributed by atoms with Crippen molar-refractivity contribution in [3.63, 3.8) is 0 Å². The van der Waals surface area contributed by atoms with Gasteiger partial charge in [0.05, 0.1) is 0 Å². The molecule has 1 N–H and O–H groups in total. The zero-order valence-corrected chi connectivity index (χ0v) is 11.9. The summed E-state index contributed by atoms with van der Waals surface area (Å²) in [5.74, 6) is -2.08. The summed E-state index contributed by atoms with van der Waals surface area (Å²) in [6.45, 7) is -0.383. The van der Waals surface area contributed by atoms with Crippen LogP contribution in [0.15, 0.2) is 36.5 Å². The van der Waals surface area contributed by atoms with E-state index in [1.165, 1.54) is 11.3 Å². The first-order chi connectivity index (χ1) is 10.6. The third-order valence-corrected chi connectivity index (χ3v) is 3.51. The number of halogens is 2. The van der Waals surface area contributed by atoms with Gasteiger partial charge in [-0.15, -0.1) is 0 Å². The summed E-state index contributed by atoms with van der Waals surface area (Å²) in [7, 11) is 0. The minimum atomic E-state index is -0.771. The van der Waals surface area contributed by atoms with Gasteiger partial charge in [0.2, 0.25) is 0 Å². The van der Waals surface area contributed by atoms with Crippen molar-refractivity contribution >= 4 is 32.7 Å². The van der Waals surface area contributed by atoms with Gasteiger partial charge in [-0.2, -0.15) is 0 Å². The molecule has 0 spiro atoms. The fourth-order valence-corrected chi connectivity index (χ4v) is 2.56. The lowest BCUT2D eigenvalue weighted by molar-refractivity contribution is -0.118. The zero-order chi connectivity index (χ0) is 15.5. The van der Waals surface area contributed by atoms with Crippen molar-refractivity contribution in [1.29, 1.82) is 0 Å². The van der Waals surface area contributed by atoms with E-state index in [-0.39, 0.29) is 12.4 Å². The maximum Gasteiger partial charge on any atom is 0.264 e. The molecule has 0 saturated heterocycles. The lowest BCUT2D eigenvalue weighted by Gasteiger charge is -2.06. The van der Waals surface area contributed by atoms with Gasteiger partial charge in [0.15, 0.2) is 11.7 Å². The van der Waals surface area contributed by atoms with Gasteiger partial charge in [0.1, 0.15) is 27.7 Å². The number of carbonyl (C=O) groups excluding carboxylic acids is 1. The van der Waals surface area contributed by atoms with Crippen molar-refractivity contribution in [3.05, 3.63) is 48.2 Å². The number of pyridine rings is 1. The molecule has 1 aromatic carbocycles. The predicted molar refractivity (Wildman–Crippen MR) is 77.9 cm³/mol. The average molecular weight is 321 g/mol. The maximum absolute atomic E-state index is 13.0. The number of hydrogen-bond acceptors (Lipinski definition) is 5. The molecule has 112 valence electrons. The van der Waals surface area contributed by atoms with Crippen LogP contribution in [-0.4, -0.2) is 22.5 Å². The van der Waals surface area contributed by atoms with Crippen LogP contribution in [0.5, 0.6) is 5.75 Å². The number of amides is 1. The highest BCUT2D eigenvalue weighted by Crippen LogP contribution is 2.23. The second-order valence-corrected chi connectivity index (χ2v) is 5.27. The monoisotopic (exact) mass is 321 g/mol. The second kappa shape index (κ2) is 6.02. The maximum atomic E-state index is 13.0. The lowest BCUT2D eigenvalue weighted by atomic mass is 10.3. The lowest BCUT2D eigenvalue weighted by Crippen LogP contribution is -2.20. The Bertz CT molecular complexity index is 785. The molecule has 0 bridgehead atoms. The third-order valence-electron chi connectivity index (χ3n) is 2.62. The molecule has 0 aliphatic heterocycles. The quantitative estimate of drug-likeness (QED) is 0.802. The number of nitrogens with one attached hydrogen (secondary N) is 1. The molecule has 0 saturated carbocycles.